The molecule has 1 aromatic rings. The van der Waals surface area contributed by atoms with Gasteiger partial charge >= 0.3 is 0 Å². The Balaban J connectivity index is 1.88. The third-order valence-electron chi connectivity index (χ3n) is 3.28. The molecule has 1 atom stereocenters. The number of carbonyl (C=O) groups excluding carboxylic acids is 1. The first-order valence-electron chi connectivity index (χ1n) is 6.08. The number of likely N-dealkylation sites (tertiary alicyclic amines) is 1. The van der Waals surface area contributed by atoms with Gasteiger partial charge in [0.15, 0.2) is 0 Å². The molecule has 0 bridgehead atoms. The molecule has 0 unspecified atom stereocenters. The van der Waals surface area contributed by atoms with Crippen LogP contribution in [0.25, 0.3) is 0 Å². The van der Waals surface area contributed by atoms with E-state index < -0.39 is 0 Å². The second kappa shape index (κ2) is 5.80. The molecule has 16 heavy (non-hydrogen) atoms. The van der Waals surface area contributed by atoms with Crippen LogP contribution >= 0.6 is 0 Å². The van der Waals surface area contributed by atoms with E-state index in [2.05, 4.69) is 35.2 Å². The number of aldehydes is 1. The van der Waals surface area contributed by atoms with E-state index in [9.17, 15) is 4.79 Å². The van der Waals surface area contributed by atoms with Gasteiger partial charge in [-0.1, -0.05) is 30.3 Å². The Morgan fingerprint density at radius 2 is 2.12 bits per heavy atom. The van der Waals surface area contributed by atoms with Crippen molar-refractivity contribution in [2.24, 2.45) is 5.92 Å². The van der Waals surface area contributed by atoms with Gasteiger partial charge in [0, 0.05) is 19.5 Å². The second-order valence-electron chi connectivity index (χ2n) is 4.63. The zero-order valence-electron chi connectivity index (χ0n) is 9.64. The van der Waals surface area contributed by atoms with Crippen molar-refractivity contribution in [2.75, 3.05) is 13.1 Å². The average Bonchev–Trinajstić information content (AvgIpc) is 2.31. The summed E-state index contributed by atoms with van der Waals surface area (Å²) in [6, 6.07) is 10.6. The van der Waals surface area contributed by atoms with Gasteiger partial charge < -0.3 is 4.79 Å². The summed E-state index contributed by atoms with van der Waals surface area (Å²) < 4.78 is 0. The predicted octanol–water partition coefficient (Wildman–Crippen LogP) is 2.49. The van der Waals surface area contributed by atoms with E-state index >= 15 is 0 Å². The highest BCUT2D eigenvalue weighted by Crippen LogP contribution is 2.20. The van der Waals surface area contributed by atoms with Crippen molar-refractivity contribution in [2.45, 2.75) is 25.8 Å². The van der Waals surface area contributed by atoms with Gasteiger partial charge in [-0.2, -0.15) is 0 Å². The molecular weight excluding hydrogens is 198 g/mol. The standard InChI is InChI=1S/C14H19NO/c16-10-8-14-7-4-9-15(12-14)11-13-5-2-1-3-6-13/h1-3,5-6,10,14H,4,7-9,11-12H2/t14-/m1/s1. The van der Waals surface area contributed by atoms with Gasteiger partial charge in [-0.05, 0) is 30.9 Å². The maximum absolute atomic E-state index is 10.5. The van der Waals surface area contributed by atoms with E-state index in [1.165, 1.54) is 24.9 Å². The summed E-state index contributed by atoms with van der Waals surface area (Å²) in [4.78, 5) is 13.0. The lowest BCUT2D eigenvalue weighted by Crippen LogP contribution is -2.35. The molecule has 2 heteroatoms. The molecule has 0 aliphatic carbocycles. The van der Waals surface area contributed by atoms with Crippen LogP contribution in [0.5, 0.6) is 0 Å². The summed E-state index contributed by atoms with van der Waals surface area (Å²) in [7, 11) is 0. The van der Waals surface area contributed by atoms with Gasteiger partial charge in [-0.3, -0.25) is 4.90 Å². The SMILES string of the molecule is O=CC[C@H]1CCCN(Cc2ccccc2)C1. The Kier molecular flexibility index (Phi) is 4.11. The largest absolute Gasteiger partial charge is 0.303 e. The van der Waals surface area contributed by atoms with Crippen LogP contribution in [0.3, 0.4) is 0 Å². The second-order valence-corrected chi connectivity index (χ2v) is 4.63. The molecular formula is C14H19NO. The maximum atomic E-state index is 10.5. The molecule has 0 spiro atoms. The molecule has 0 amide bonds. The number of nitrogens with zero attached hydrogens (tertiary/aromatic N) is 1. The molecule has 0 aromatic heterocycles. The van der Waals surface area contributed by atoms with Crippen LogP contribution in [0.2, 0.25) is 0 Å². The third kappa shape index (κ3) is 3.17. The van der Waals surface area contributed by atoms with E-state index in [1.807, 2.05) is 0 Å². The van der Waals surface area contributed by atoms with Crippen LogP contribution < -0.4 is 0 Å². The molecule has 0 N–H and O–H groups in total. The quantitative estimate of drug-likeness (QED) is 0.722. The smallest absolute Gasteiger partial charge is 0.120 e. The van der Waals surface area contributed by atoms with Crippen molar-refractivity contribution in [3.63, 3.8) is 0 Å². The van der Waals surface area contributed by atoms with Gasteiger partial charge in [0.05, 0.1) is 0 Å². The predicted molar refractivity (Wildman–Crippen MR) is 65.1 cm³/mol. The number of hydrogen-bond donors (Lipinski definition) is 0. The lowest BCUT2D eigenvalue weighted by molar-refractivity contribution is -0.109. The van der Waals surface area contributed by atoms with Crippen LogP contribution in [-0.4, -0.2) is 24.3 Å². The fourth-order valence-corrected chi connectivity index (χ4v) is 2.46. The zero-order chi connectivity index (χ0) is 11.2. The molecule has 0 radical (unpaired) electrons. The molecule has 0 saturated carbocycles. The Morgan fingerprint density at radius 3 is 2.88 bits per heavy atom. The van der Waals surface area contributed by atoms with Crippen molar-refractivity contribution in [3.8, 4) is 0 Å². The van der Waals surface area contributed by atoms with Gasteiger partial charge in [0.25, 0.3) is 0 Å². The molecule has 2 rings (SSSR count). The number of carbonyl (C=O) groups is 1. The van der Waals surface area contributed by atoms with E-state index in [1.54, 1.807) is 0 Å². The van der Waals surface area contributed by atoms with E-state index in [0.29, 0.717) is 5.92 Å². The minimum Gasteiger partial charge on any atom is -0.303 e. The summed E-state index contributed by atoms with van der Waals surface area (Å²) in [6.07, 6.45) is 4.23. The topological polar surface area (TPSA) is 20.3 Å². The minimum atomic E-state index is 0.579. The van der Waals surface area contributed by atoms with Crippen molar-refractivity contribution < 1.29 is 4.79 Å². The molecule has 1 aliphatic heterocycles. The summed E-state index contributed by atoms with van der Waals surface area (Å²) in [5.74, 6) is 0.579. The Labute approximate surface area is 97.3 Å². The molecule has 1 aliphatic rings. The summed E-state index contributed by atoms with van der Waals surface area (Å²) in [5, 5.41) is 0. The third-order valence-corrected chi connectivity index (χ3v) is 3.28. The molecule has 1 aromatic carbocycles. The van der Waals surface area contributed by atoms with Crippen LogP contribution in [0.15, 0.2) is 30.3 Å². The van der Waals surface area contributed by atoms with Gasteiger partial charge in [0.2, 0.25) is 0 Å². The summed E-state index contributed by atoms with van der Waals surface area (Å²) >= 11 is 0. The molecule has 2 nitrogen and oxygen atoms in total. The lowest BCUT2D eigenvalue weighted by atomic mass is 9.95. The Bertz CT molecular complexity index is 323. The molecule has 1 heterocycles. The van der Waals surface area contributed by atoms with Crippen LogP contribution in [0, 0.1) is 5.92 Å². The van der Waals surface area contributed by atoms with Crippen molar-refractivity contribution in [1.29, 1.82) is 0 Å². The van der Waals surface area contributed by atoms with Crippen LogP contribution in [0.4, 0.5) is 0 Å². The van der Waals surface area contributed by atoms with Crippen LogP contribution in [-0.2, 0) is 11.3 Å². The van der Waals surface area contributed by atoms with E-state index in [0.717, 1.165) is 25.8 Å². The number of piperidine rings is 1. The fraction of sp³-hybridized carbons (Fsp3) is 0.500. The van der Waals surface area contributed by atoms with Crippen LogP contribution in [0.1, 0.15) is 24.8 Å². The molecule has 86 valence electrons. The summed E-state index contributed by atoms with van der Waals surface area (Å²) in [6.45, 7) is 3.27. The average molecular weight is 217 g/mol. The summed E-state index contributed by atoms with van der Waals surface area (Å²) in [5.41, 5.74) is 1.37. The number of rotatable bonds is 4. The van der Waals surface area contributed by atoms with Gasteiger partial charge in [-0.25, -0.2) is 0 Å². The van der Waals surface area contributed by atoms with Crippen molar-refractivity contribution in [3.05, 3.63) is 35.9 Å². The highest BCUT2D eigenvalue weighted by molar-refractivity contribution is 5.49. The fourth-order valence-electron chi connectivity index (χ4n) is 2.46. The normalized spacial score (nSPS) is 21.9. The first kappa shape index (κ1) is 11.3. The first-order valence-corrected chi connectivity index (χ1v) is 6.08. The van der Waals surface area contributed by atoms with Crippen molar-refractivity contribution in [1.82, 2.24) is 4.90 Å². The van der Waals surface area contributed by atoms with Crippen molar-refractivity contribution >= 4 is 6.29 Å². The Hall–Kier alpha value is -1.15. The highest BCUT2D eigenvalue weighted by Gasteiger charge is 2.19. The minimum absolute atomic E-state index is 0.579. The lowest BCUT2D eigenvalue weighted by Gasteiger charge is -2.31. The maximum Gasteiger partial charge on any atom is 0.120 e. The highest BCUT2D eigenvalue weighted by atomic mass is 16.1. The zero-order valence-corrected chi connectivity index (χ0v) is 9.64. The van der Waals surface area contributed by atoms with Gasteiger partial charge in [-0.15, -0.1) is 0 Å². The number of hydrogen-bond acceptors (Lipinski definition) is 2. The monoisotopic (exact) mass is 217 g/mol. The van der Waals surface area contributed by atoms with Gasteiger partial charge in [0.1, 0.15) is 6.29 Å². The first-order chi connectivity index (χ1) is 7.88. The number of benzene rings is 1. The van der Waals surface area contributed by atoms with E-state index in [-0.39, 0.29) is 0 Å². The molecule has 1 fully saturated rings. The Morgan fingerprint density at radius 1 is 1.31 bits per heavy atom. The molecule has 1 saturated heterocycles. The van der Waals surface area contributed by atoms with E-state index in [4.69, 9.17) is 0 Å².